The molecule has 35 heavy (non-hydrogen) atoms. The van der Waals surface area contributed by atoms with Crippen molar-refractivity contribution in [1.82, 2.24) is 10.2 Å². The quantitative estimate of drug-likeness (QED) is 0.419. The Bertz CT molecular complexity index is 1110. The van der Waals surface area contributed by atoms with Crippen LogP contribution in [0.4, 0.5) is 5.69 Å². The summed E-state index contributed by atoms with van der Waals surface area (Å²) in [6.45, 7) is 7.54. The number of nitrogens with one attached hydrogen (secondary N) is 1. The fourth-order valence-corrected chi connectivity index (χ4v) is 4.67. The topological polar surface area (TPSA) is 96.0 Å². The molecule has 2 amide bonds. The van der Waals surface area contributed by atoms with E-state index in [1.165, 1.54) is 4.90 Å². The molecule has 0 spiro atoms. The molecule has 2 unspecified atom stereocenters. The lowest BCUT2D eigenvalue weighted by Crippen LogP contribution is -2.52. The zero-order valence-electron chi connectivity index (χ0n) is 20.8. The Hall–Kier alpha value is -2.59. The number of carbonyl (C=O) groups is 2. The van der Waals surface area contributed by atoms with E-state index in [2.05, 4.69) is 21.2 Å². The van der Waals surface area contributed by atoms with Crippen molar-refractivity contribution >= 4 is 43.5 Å². The average molecular weight is 569 g/mol. The van der Waals surface area contributed by atoms with E-state index in [0.29, 0.717) is 18.0 Å². The summed E-state index contributed by atoms with van der Waals surface area (Å²) in [6.07, 6.45) is 1.80. The summed E-state index contributed by atoms with van der Waals surface area (Å²) in [5.41, 5.74) is 1.14. The summed E-state index contributed by atoms with van der Waals surface area (Å²) < 4.78 is 32.6. The minimum Gasteiger partial charge on any atom is -0.494 e. The van der Waals surface area contributed by atoms with Gasteiger partial charge in [-0.15, -0.1) is 0 Å². The first kappa shape index (κ1) is 28.6. The van der Waals surface area contributed by atoms with Crippen molar-refractivity contribution in [2.75, 3.05) is 23.7 Å². The number of rotatable bonds is 12. The number of hydrogen-bond donors (Lipinski definition) is 1. The number of halogens is 1. The smallest absolute Gasteiger partial charge is 0.244 e. The van der Waals surface area contributed by atoms with Crippen molar-refractivity contribution in [2.45, 2.75) is 52.7 Å². The predicted molar refractivity (Wildman–Crippen MR) is 142 cm³/mol. The summed E-state index contributed by atoms with van der Waals surface area (Å²) in [5, 5.41) is 2.91. The Morgan fingerprint density at radius 1 is 1.09 bits per heavy atom. The highest BCUT2D eigenvalue weighted by molar-refractivity contribution is 9.10. The van der Waals surface area contributed by atoms with Crippen molar-refractivity contribution < 1.29 is 22.7 Å². The molecule has 0 radical (unpaired) electrons. The summed E-state index contributed by atoms with van der Waals surface area (Å²) in [6, 6.07) is 13.1. The van der Waals surface area contributed by atoms with Crippen molar-refractivity contribution in [2.24, 2.45) is 0 Å². The molecule has 0 aliphatic carbocycles. The SMILES string of the molecule is CCOc1ccc(N(CC(=O)N(Cc2cccc(Br)c2)C(C)C(=O)NC(C)CC)S(C)(=O)=O)cc1. The number of anilines is 1. The number of carbonyl (C=O) groups excluding carboxylic acids is 2. The van der Waals surface area contributed by atoms with Crippen molar-refractivity contribution in [3.05, 3.63) is 58.6 Å². The van der Waals surface area contributed by atoms with Crippen LogP contribution in [0.3, 0.4) is 0 Å². The van der Waals surface area contributed by atoms with Gasteiger partial charge < -0.3 is 15.0 Å². The third-order valence-corrected chi connectivity index (χ3v) is 7.16. The van der Waals surface area contributed by atoms with E-state index in [0.717, 1.165) is 27.0 Å². The van der Waals surface area contributed by atoms with Crippen LogP contribution in [-0.4, -0.2) is 56.6 Å². The third-order valence-electron chi connectivity index (χ3n) is 5.53. The fourth-order valence-electron chi connectivity index (χ4n) is 3.37. The van der Waals surface area contributed by atoms with Gasteiger partial charge in [0.05, 0.1) is 18.6 Å². The zero-order chi connectivity index (χ0) is 26.2. The maximum absolute atomic E-state index is 13.5. The fraction of sp³-hybridized carbons (Fsp3) is 0.440. The third kappa shape index (κ3) is 8.54. The van der Waals surface area contributed by atoms with E-state index in [9.17, 15) is 18.0 Å². The molecule has 2 aromatic rings. The number of nitrogens with zero attached hydrogens (tertiary/aromatic N) is 2. The Balaban J connectivity index is 2.36. The molecule has 0 bridgehead atoms. The van der Waals surface area contributed by atoms with Gasteiger partial charge in [0.1, 0.15) is 18.3 Å². The molecular weight excluding hydrogens is 534 g/mol. The highest BCUT2D eigenvalue weighted by atomic mass is 79.9. The normalized spacial score (nSPS) is 13.0. The molecule has 2 rings (SSSR count). The molecule has 2 aromatic carbocycles. The van der Waals surface area contributed by atoms with E-state index in [-0.39, 0.29) is 18.5 Å². The van der Waals surface area contributed by atoms with Gasteiger partial charge in [0.25, 0.3) is 0 Å². The molecule has 2 atom stereocenters. The van der Waals surface area contributed by atoms with Gasteiger partial charge in [-0.05, 0) is 69.2 Å². The maximum Gasteiger partial charge on any atom is 0.244 e. The molecular formula is C25H34BrN3O5S. The van der Waals surface area contributed by atoms with Crippen molar-refractivity contribution in [3.63, 3.8) is 0 Å². The average Bonchev–Trinajstić information content (AvgIpc) is 2.80. The molecule has 0 aliphatic heterocycles. The molecule has 0 aromatic heterocycles. The number of ether oxygens (including phenoxy) is 1. The highest BCUT2D eigenvalue weighted by Crippen LogP contribution is 2.23. The van der Waals surface area contributed by atoms with Crippen molar-refractivity contribution in [1.29, 1.82) is 0 Å². The lowest BCUT2D eigenvalue weighted by molar-refractivity contribution is -0.139. The molecule has 0 saturated carbocycles. The van der Waals surface area contributed by atoms with Gasteiger partial charge in [-0.1, -0.05) is 35.0 Å². The molecule has 0 saturated heterocycles. The van der Waals surface area contributed by atoms with Crippen LogP contribution in [0.25, 0.3) is 0 Å². The molecule has 10 heteroatoms. The van der Waals surface area contributed by atoms with Crippen molar-refractivity contribution in [3.8, 4) is 5.75 Å². The Kier molecular flexibility index (Phi) is 10.6. The largest absolute Gasteiger partial charge is 0.494 e. The molecule has 0 aliphatic rings. The van der Waals surface area contributed by atoms with Gasteiger partial charge in [0, 0.05) is 17.1 Å². The first-order valence-electron chi connectivity index (χ1n) is 11.5. The summed E-state index contributed by atoms with van der Waals surface area (Å²) >= 11 is 3.43. The zero-order valence-corrected chi connectivity index (χ0v) is 23.2. The van der Waals surface area contributed by atoms with Gasteiger partial charge >= 0.3 is 0 Å². The first-order valence-corrected chi connectivity index (χ1v) is 14.1. The minimum atomic E-state index is -3.78. The van der Waals surface area contributed by atoms with Crippen LogP contribution in [0.2, 0.25) is 0 Å². The van der Waals surface area contributed by atoms with Crippen LogP contribution in [0.5, 0.6) is 5.75 Å². The highest BCUT2D eigenvalue weighted by Gasteiger charge is 2.30. The summed E-state index contributed by atoms with van der Waals surface area (Å²) in [5.74, 6) is -0.187. The van der Waals surface area contributed by atoms with E-state index in [1.807, 2.05) is 45.0 Å². The van der Waals surface area contributed by atoms with Crippen LogP contribution < -0.4 is 14.4 Å². The predicted octanol–water partition coefficient (Wildman–Crippen LogP) is 3.95. The monoisotopic (exact) mass is 567 g/mol. The van der Waals surface area contributed by atoms with E-state index < -0.39 is 28.5 Å². The maximum atomic E-state index is 13.5. The van der Waals surface area contributed by atoms with Gasteiger partial charge in [-0.2, -0.15) is 0 Å². The lowest BCUT2D eigenvalue weighted by atomic mass is 10.1. The number of amides is 2. The Morgan fingerprint density at radius 2 is 1.74 bits per heavy atom. The van der Waals surface area contributed by atoms with Gasteiger partial charge in [0.15, 0.2) is 0 Å². The van der Waals surface area contributed by atoms with Crippen LogP contribution >= 0.6 is 15.9 Å². The molecule has 192 valence electrons. The van der Waals surface area contributed by atoms with Gasteiger partial charge in [-0.3, -0.25) is 13.9 Å². The van der Waals surface area contributed by atoms with E-state index >= 15 is 0 Å². The molecule has 0 fully saturated rings. The first-order chi connectivity index (χ1) is 16.5. The molecule has 1 N–H and O–H groups in total. The standard InChI is InChI=1S/C25H34BrN3O5S/c1-6-18(3)27-25(31)19(4)28(16-20-9-8-10-21(26)15-20)24(30)17-29(35(5,32)33)22-11-13-23(14-12-22)34-7-2/h8-15,18-19H,6-7,16-17H2,1-5H3,(H,27,31). The Labute approximate surface area is 216 Å². The second-order valence-electron chi connectivity index (χ2n) is 8.34. The lowest BCUT2D eigenvalue weighted by Gasteiger charge is -2.32. The number of benzene rings is 2. The van der Waals surface area contributed by atoms with E-state index in [4.69, 9.17) is 4.74 Å². The second-order valence-corrected chi connectivity index (χ2v) is 11.2. The Morgan fingerprint density at radius 3 is 2.29 bits per heavy atom. The van der Waals surface area contributed by atoms with Crippen LogP contribution in [0, 0.1) is 0 Å². The molecule has 8 nitrogen and oxygen atoms in total. The summed E-state index contributed by atoms with van der Waals surface area (Å²) in [7, 11) is -3.78. The van der Waals surface area contributed by atoms with Crippen LogP contribution in [0.15, 0.2) is 53.0 Å². The number of hydrogen-bond acceptors (Lipinski definition) is 5. The minimum absolute atomic E-state index is 0.0517. The van der Waals surface area contributed by atoms with Crippen LogP contribution in [-0.2, 0) is 26.2 Å². The second kappa shape index (κ2) is 12.9. The van der Waals surface area contributed by atoms with Gasteiger partial charge in [0.2, 0.25) is 21.8 Å². The summed E-state index contributed by atoms with van der Waals surface area (Å²) in [4.78, 5) is 27.9. The van der Waals surface area contributed by atoms with Gasteiger partial charge in [-0.25, -0.2) is 8.42 Å². The van der Waals surface area contributed by atoms with E-state index in [1.54, 1.807) is 31.2 Å². The van der Waals surface area contributed by atoms with Crippen LogP contribution in [0.1, 0.15) is 39.7 Å². The number of sulfonamides is 1. The molecule has 0 heterocycles.